The van der Waals surface area contributed by atoms with E-state index in [4.69, 9.17) is 0 Å². The highest BCUT2D eigenvalue weighted by atomic mass is 16.6. The van der Waals surface area contributed by atoms with Crippen LogP contribution in [0.25, 0.3) is 16.7 Å². The molecule has 0 aliphatic carbocycles. The number of nitro benzene ring substituents is 1. The summed E-state index contributed by atoms with van der Waals surface area (Å²) in [5, 5.41) is 19.4. The number of nitro groups is 1. The van der Waals surface area contributed by atoms with Crippen LogP contribution in [0.3, 0.4) is 0 Å². The number of nitrogens with zero attached hydrogens (tertiary/aromatic N) is 6. The summed E-state index contributed by atoms with van der Waals surface area (Å²) in [5.74, 6) is 0. The molecule has 2 heterocycles. The van der Waals surface area contributed by atoms with Gasteiger partial charge in [0.25, 0.3) is 11.2 Å². The molecule has 0 aliphatic rings. The van der Waals surface area contributed by atoms with Gasteiger partial charge in [-0.15, -0.1) is 0 Å². The van der Waals surface area contributed by atoms with Crippen molar-refractivity contribution in [1.29, 1.82) is 0 Å². The van der Waals surface area contributed by atoms with Crippen LogP contribution in [0.1, 0.15) is 5.56 Å². The van der Waals surface area contributed by atoms with Crippen LogP contribution in [-0.4, -0.2) is 30.6 Å². The van der Waals surface area contributed by atoms with Gasteiger partial charge in [-0.3, -0.25) is 14.9 Å². The highest BCUT2D eigenvalue weighted by Crippen LogP contribution is 2.13. The van der Waals surface area contributed by atoms with Crippen LogP contribution in [-0.2, 0) is 0 Å². The average molecular weight is 360 g/mol. The molecule has 4 rings (SSSR count). The van der Waals surface area contributed by atoms with Gasteiger partial charge in [0.1, 0.15) is 11.7 Å². The Labute approximate surface area is 152 Å². The Balaban J connectivity index is 1.72. The molecule has 0 unspecified atom stereocenters. The highest BCUT2D eigenvalue weighted by Gasteiger charge is 2.11. The monoisotopic (exact) mass is 360 g/mol. The minimum atomic E-state index is -0.491. The fourth-order valence-corrected chi connectivity index (χ4v) is 2.59. The van der Waals surface area contributed by atoms with E-state index >= 15 is 0 Å². The standard InChI is InChI=1S/C18H12N6O3/c25-18-16-11-21-23(14-6-2-1-3-7-14)17(16)19-12-22(18)20-10-13-5-4-8-15(9-13)24(26)27/h1-12H/b20-10-. The van der Waals surface area contributed by atoms with Gasteiger partial charge in [0.15, 0.2) is 5.65 Å². The number of rotatable bonds is 4. The zero-order chi connectivity index (χ0) is 18.8. The summed E-state index contributed by atoms with van der Waals surface area (Å²) in [4.78, 5) is 27.2. The third kappa shape index (κ3) is 3.09. The van der Waals surface area contributed by atoms with E-state index in [1.165, 1.54) is 30.9 Å². The first-order valence-corrected chi connectivity index (χ1v) is 7.93. The van der Waals surface area contributed by atoms with Crippen LogP contribution in [0.4, 0.5) is 5.69 Å². The lowest BCUT2D eigenvalue weighted by Gasteiger charge is -2.02. The maximum atomic E-state index is 12.6. The molecule has 2 aromatic heterocycles. The van der Waals surface area contributed by atoms with Gasteiger partial charge in [-0.25, -0.2) is 9.67 Å². The lowest BCUT2D eigenvalue weighted by Crippen LogP contribution is -2.17. The molecule has 0 bridgehead atoms. The molecule has 0 N–H and O–H groups in total. The zero-order valence-corrected chi connectivity index (χ0v) is 13.8. The minimum absolute atomic E-state index is 0.0518. The summed E-state index contributed by atoms with van der Waals surface area (Å²) in [6, 6.07) is 15.3. The summed E-state index contributed by atoms with van der Waals surface area (Å²) >= 11 is 0. The fourth-order valence-electron chi connectivity index (χ4n) is 2.59. The number of hydrogen-bond acceptors (Lipinski definition) is 6. The Morgan fingerprint density at radius 2 is 1.93 bits per heavy atom. The predicted octanol–water partition coefficient (Wildman–Crippen LogP) is 2.37. The molecule has 9 heteroatoms. The quantitative estimate of drug-likeness (QED) is 0.315. The topological polar surface area (TPSA) is 108 Å². The van der Waals surface area contributed by atoms with Gasteiger partial charge in [-0.2, -0.15) is 14.9 Å². The summed E-state index contributed by atoms with van der Waals surface area (Å²) in [7, 11) is 0. The van der Waals surface area contributed by atoms with Crippen molar-refractivity contribution in [2.24, 2.45) is 5.10 Å². The molecule has 0 radical (unpaired) electrons. The normalized spacial score (nSPS) is 11.3. The van der Waals surface area contributed by atoms with E-state index in [2.05, 4.69) is 15.2 Å². The van der Waals surface area contributed by atoms with Gasteiger partial charge in [-0.05, 0) is 12.1 Å². The molecule has 0 atom stereocenters. The van der Waals surface area contributed by atoms with Crippen LogP contribution >= 0.6 is 0 Å². The number of benzene rings is 2. The molecule has 27 heavy (non-hydrogen) atoms. The molecule has 132 valence electrons. The second-order valence-electron chi connectivity index (χ2n) is 5.62. The first kappa shape index (κ1) is 16.3. The molecule has 0 amide bonds. The number of para-hydroxylation sites is 1. The van der Waals surface area contributed by atoms with Crippen molar-refractivity contribution in [3.8, 4) is 5.69 Å². The lowest BCUT2D eigenvalue weighted by molar-refractivity contribution is -0.384. The number of hydrogen-bond donors (Lipinski definition) is 0. The SMILES string of the molecule is O=c1c2cnn(-c3ccccc3)c2ncn1/N=C\c1cccc([N+](=O)[O-])c1. The van der Waals surface area contributed by atoms with Gasteiger partial charge in [0.05, 0.1) is 23.0 Å². The molecule has 0 saturated carbocycles. The maximum Gasteiger partial charge on any atom is 0.285 e. The average Bonchev–Trinajstić information content (AvgIpc) is 3.13. The second kappa shape index (κ2) is 6.64. The highest BCUT2D eigenvalue weighted by molar-refractivity contribution is 5.81. The number of non-ortho nitro benzene ring substituents is 1. The van der Waals surface area contributed by atoms with E-state index in [0.29, 0.717) is 16.6 Å². The number of aromatic nitrogens is 4. The van der Waals surface area contributed by atoms with Gasteiger partial charge < -0.3 is 0 Å². The van der Waals surface area contributed by atoms with E-state index in [1.54, 1.807) is 16.8 Å². The molecule has 0 fully saturated rings. The molecule has 0 spiro atoms. The second-order valence-corrected chi connectivity index (χ2v) is 5.62. The van der Waals surface area contributed by atoms with Crippen molar-refractivity contribution < 1.29 is 4.92 Å². The van der Waals surface area contributed by atoms with E-state index in [0.717, 1.165) is 10.4 Å². The van der Waals surface area contributed by atoms with E-state index < -0.39 is 4.92 Å². The van der Waals surface area contributed by atoms with Crippen LogP contribution in [0.15, 0.2) is 77.0 Å². The summed E-state index contributed by atoms with van der Waals surface area (Å²) in [5.41, 5.74) is 1.27. The van der Waals surface area contributed by atoms with Gasteiger partial charge in [-0.1, -0.05) is 30.3 Å². The van der Waals surface area contributed by atoms with Crippen LogP contribution in [0.2, 0.25) is 0 Å². The van der Waals surface area contributed by atoms with E-state index in [-0.39, 0.29) is 11.2 Å². The van der Waals surface area contributed by atoms with Gasteiger partial charge in [0, 0.05) is 17.7 Å². The van der Waals surface area contributed by atoms with Crippen molar-refractivity contribution in [2.75, 3.05) is 0 Å². The minimum Gasteiger partial charge on any atom is -0.266 e. The molecular weight excluding hydrogens is 348 g/mol. The third-order valence-electron chi connectivity index (χ3n) is 3.88. The Bertz CT molecular complexity index is 1230. The molecule has 0 aliphatic heterocycles. The van der Waals surface area contributed by atoms with E-state index in [1.807, 2.05) is 30.3 Å². The van der Waals surface area contributed by atoms with Crippen molar-refractivity contribution >= 4 is 22.9 Å². The molecule has 4 aromatic rings. The third-order valence-corrected chi connectivity index (χ3v) is 3.88. The lowest BCUT2D eigenvalue weighted by atomic mass is 10.2. The first-order valence-electron chi connectivity index (χ1n) is 7.93. The number of fused-ring (bicyclic) bond motifs is 1. The van der Waals surface area contributed by atoms with Crippen LogP contribution in [0.5, 0.6) is 0 Å². The maximum absolute atomic E-state index is 12.6. The Kier molecular flexibility index (Phi) is 4.01. The van der Waals surface area contributed by atoms with Crippen molar-refractivity contribution in [3.63, 3.8) is 0 Å². The summed E-state index contributed by atoms with van der Waals surface area (Å²) in [6.07, 6.45) is 4.10. The van der Waals surface area contributed by atoms with Gasteiger partial charge >= 0.3 is 0 Å². The van der Waals surface area contributed by atoms with Crippen LogP contribution in [0, 0.1) is 10.1 Å². The molecular formula is C18H12N6O3. The van der Waals surface area contributed by atoms with Crippen molar-refractivity contribution in [1.82, 2.24) is 19.4 Å². The smallest absolute Gasteiger partial charge is 0.266 e. The fraction of sp³-hybridized carbons (Fsp3) is 0. The molecule has 9 nitrogen and oxygen atoms in total. The van der Waals surface area contributed by atoms with Gasteiger partial charge in [0.2, 0.25) is 0 Å². The molecule has 0 saturated heterocycles. The summed E-state index contributed by atoms with van der Waals surface area (Å²) in [6.45, 7) is 0. The largest absolute Gasteiger partial charge is 0.285 e. The summed E-state index contributed by atoms with van der Waals surface area (Å²) < 4.78 is 2.64. The Morgan fingerprint density at radius 3 is 2.70 bits per heavy atom. The van der Waals surface area contributed by atoms with Crippen molar-refractivity contribution in [3.05, 3.63) is 93.2 Å². The van der Waals surface area contributed by atoms with Crippen LogP contribution < -0.4 is 5.56 Å². The zero-order valence-electron chi connectivity index (χ0n) is 13.8. The Morgan fingerprint density at radius 1 is 1.11 bits per heavy atom. The Hall–Kier alpha value is -4.14. The van der Waals surface area contributed by atoms with E-state index in [9.17, 15) is 14.9 Å². The molecule has 2 aromatic carbocycles. The predicted molar refractivity (Wildman–Crippen MR) is 99.2 cm³/mol. The van der Waals surface area contributed by atoms with Crippen molar-refractivity contribution in [2.45, 2.75) is 0 Å². The first-order chi connectivity index (χ1) is 13.1.